The number of nitrogens with one attached hydrogen (secondary N) is 1. The van der Waals surface area contributed by atoms with Gasteiger partial charge in [-0.2, -0.15) is 0 Å². The molecule has 0 amide bonds. The molecule has 1 aromatic heterocycles. The molecule has 2 rings (SSSR count). The Bertz CT molecular complexity index is 439. The van der Waals surface area contributed by atoms with Gasteiger partial charge < -0.3 is 5.32 Å². The third kappa shape index (κ3) is 2.37. The van der Waals surface area contributed by atoms with Gasteiger partial charge in [0.1, 0.15) is 12.1 Å². The van der Waals surface area contributed by atoms with Crippen molar-refractivity contribution >= 4 is 17.8 Å². The number of hydrogen-bond acceptors (Lipinski definition) is 4. The quantitative estimate of drug-likeness (QED) is 0.768. The average Bonchev–Trinajstić information content (AvgIpc) is 2.31. The maximum Gasteiger partial charge on any atom is 0.150 e. The molecular formula is C11H9N3O. The number of hydrogen-bond donors (Lipinski definition) is 1. The van der Waals surface area contributed by atoms with E-state index >= 15 is 0 Å². The van der Waals surface area contributed by atoms with E-state index < -0.39 is 0 Å². The van der Waals surface area contributed by atoms with Crippen molar-refractivity contribution < 1.29 is 4.79 Å². The van der Waals surface area contributed by atoms with E-state index in [4.69, 9.17) is 0 Å². The van der Waals surface area contributed by atoms with Crippen LogP contribution in [0.1, 0.15) is 10.4 Å². The Morgan fingerprint density at radius 2 is 1.93 bits per heavy atom. The molecule has 2 aromatic rings. The fourth-order valence-electron chi connectivity index (χ4n) is 1.16. The van der Waals surface area contributed by atoms with Crippen molar-refractivity contribution in [2.45, 2.75) is 0 Å². The summed E-state index contributed by atoms with van der Waals surface area (Å²) in [5.74, 6) is 0.677. The minimum absolute atomic E-state index is 0.652. The van der Waals surface area contributed by atoms with Crippen LogP contribution in [-0.2, 0) is 0 Å². The van der Waals surface area contributed by atoms with Crippen LogP contribution in [0.25, 0.3) is 0 Å². The van der Waals surface area contributed by atoms with Crippen LogP contribution in [0.3, 0.4) is 0 Å². The maximum absolute atomic E-state index is 10.4. The Hall–Kier alpha value is -2.23. The monoisotopic (exact) mass is 199 g/mol. The molecule has 1 N–H and O–H groups in total. The highest BCUT2D eigenvalue weighted by Crippen LogP contribution is 2.13. The van der Waals surface area contributed by atoms with Crippen LogP contribution in [0.15, 0.2) is 42.9 Å². The molecule has 0 atom stereocenters. The molecule has 74 valence electrons. The number of benzene rings is 1. The SMILES string of the molecule is O=Cc1ccc(Nc2cnccn2)cc1. The summed E-state index contributed by atoms with van der Waals surface area (Å²) in [5.41, 5.74) is 1.53. The minimum Gasteiger partial charge on any atom is -0.339 e. The molecule has 0 spiro atoms. The van der Waals surface area contributed by atoms with E-state index in [2.05, 4.69) is 15.3 Å². The molecule has 1 aromatic carbocycles. The van der Waals surface area contributed by atoms with Gasteiger partial charge in [-0.15, -0.1) is 0 Å². The summed E-state index contributed by atoms with van der Waals surface area (Å²) in [5, 5.41) is 3.07. The first kappa shape index (κ1) is 9.33. The van der Waals surface area contributed by atoms with Gasteiger partial charge in [0.05, 0.1) is 6.20 Å². The third-order valence-corrected chi connectivity index (χ3v) is 1.88. The zero-order valence-electron chi connectivity index (χ0n) is 7.92. The van der Waals surface area contributed by atoms with Gasteiger partial charge >= 0.3 is 0 Å². The van der Waals surface area contributed by atoms with Gasteiger partial charge in [-0.1, -0.05) is 0 Å². The molecule has 0 fully saturated rings. The van der Waals surface area contributed by atoms with Crippen LogP contribution in [0.5, 0.6) is 0 Å². The molecule has 0 aliphatic rings. The zero-order chi connectivity index (χ0) is 10.5. The van der Waals surface area contributed by atoms with E-state index in [9.17, 15) is 4.79 Å². The van der Waals surface area contributed by atoms with E-state index in [-0.39, 0.29) is 0 Å². The van der Waals surface area contributed by atoms with Crippen LogP contribution in [0.2, 0.25) is 0 Å². The van der Waals surface area contributed by atoms with E-state index in [1.165, 1.54) is 0 Å². The average molecular weight is 199 g/mol. The molecule has 4 heteroatoms. The molecule has 0 radical (unpaired) electrons. The Morgan fingerprint density at radius 3 is 2.53 bits per heavy atom. The van der Waals surface area contributed by atoms with Crippen LogP contribution < -0.4 is 5.32 Å². The van der Waals surface area contributed by atoms with Crippen LogP contribution >= 0.6 is 0 Å². The second-order valence-corrected chi connectivity index (χ2v) is 2.96. The Morgan fingerprint density at radius 1 is 1.13 bits per heavy atom. The van der Waals surface area contributed by atoms with Crippen molar-refractivity contribution in [3.63, 3.8) is 0 Å². The molecule has 4 nitrogen and oxygen atoms in total. The number of carbonyl (C=O) groups excluding carboxylic acids is 1. The molecule has 0 aliphatic heterocycles. The van der Waals surface area contributed by atoms with Gasteiger partial charge in [-0.05, 0) is 24.3 Å². The first-order valence-corrected chi connectivity index (χ1v) is 4.47. The first-order chi connectivity index (χ1) is 7.38. The summed E-state index contributed by atoms with van der Waals surface area (Å²) in [6.45, 7) is 0. The van der Waals surface area contributed by atoms with Gasteiger partial charge in [-0.3, -0.25) is 9.78 Å². The van der Waals surface area contributed by atoms with Crippen LogP contribution in [0, 0.1) is 0 Å². The number of aromatic nitrogens is 2. The molecule has 0 unspecified atom stereocenters. The van der Waals surface area contributed by atoms with Crippen molar-refractivity contribution in [3.8, 4) is 0 Å². The highest BCUT2D eigenvalue weighted by atomic mass is 16.1. The minimum atomic E-state index is 0.652. The van der Waals surface area contributed by atoms with Gasteiger partial charge in [0.25, 0.3) is 0 Å². The van der Waals surface area contributed by atoms with Crippen molar-refractivity contribution in [1.82, 2.24) is 9.97 Å². The van der Waals surface area contributed by atoms with Crippen molar-refractivity contribution in [2.75, 3.05) is 5.32 Å². The van der Waals surface area contributed by atoms with E-state index in [0.29, 0.717) is 11.4 Å². The zero-order valence-corrected chi connectivity index (χ0v) is 7.92. The normalized spacial score (nSPS) is 9.60. The summed E-state index contributed by atoms with van der Waals surface area (Å²) >= 11 is 0. The molecular weight excluding hydrogens is 190 g/mol. The number of aldehydes is 1. The Labute approximate surface area is 87.0 Å². The summed E-state index contributed by atoms with van der Waals surface area (Å²) in [6.07, 6.45) is 5.67. The standard InChI is InChI=1S/C11H9N3O/c15-8-9-1-3-10(4-2-9)14-11-7-12-5-6-13-11/h1-8H,(H,13,14). The Kier molecular flexibility index (Phi) is 2.69. The van der Waals surface area contributed by atoms with Crippen molar-refractivity contribution in [2.24, 2.45) is 0 Å². The maximum atomic E-state index is 10.4. The number of rotatable bonds is 3. The molecule has 15 heavy (non-hydrogen) atoms. The fraction of sp³-hybridized carbons (Fsp3) is 0. The van der Waals surface area contributed by atoms with Gasteiger partial charge in [0, 0.05) is 23.6 Å². The summed E-state index contributed by atoms with van der Waals surface area (Å²) in [4.78, 5) is 18.4. The molecule has 0 saturated heterocycles. The molecule has 0 saturated carbocycles. The van der Waals surface area contributed by atoms with E-state index in [1.807, 2.05) is 12.1 Å². The first-order valence-electron chi connectivity index (χ1n) is 4.47. The number of nitrogens with zero attached hydrogens (tertiary/aromatic N) is 2. The van der Waals surface area contributed by atoms with Crippen LogP contribution in [0.4, 0.5) is 11.5 Å². The molecule has 1 heterocycles. The lowest BCUT2D eigenvalue weighted by Crippen LogP contribution is -1.93. The summed E-state index contributed by atoms with van der Waals surface area (Å²) in [7, 11) is 0. The lowest BCUT2D eigenvalue weighted by atomic mass is 10.2. The summed E-state index contributed by atoms with van der Waals surface area (Å²) < 4.78 is 0. The van der Waals surface area contributed by atoms with Gasteiger partial charge in [-0.25, -0.2) is 4.98 Å². The third-order valence-electron chi connectivity index (χ3n) is 1.88. The number of anilines is 2. The second kappa shape index (κ2) is 4.32. The largest absolute Gasteiger partial charge is 0.339 e. The smallest absolute Gasteiger partial charge is 0.150 e. The van der Waals surface area contributed by atoms with Gasteiger partial charge in [0.2, 0.25) is 0 Å². The number of carbonyl (C=O) groups is 1. The topological polar surface area (TPSA) is 54.9 Å². The van der Waals surface area contributed by atoms with Crippen molar-refractivity contribution in [1.29, 1.82) is 0 Å². The van der Waals surface area contributed by atoms with E-state index in [0.717, 1.165) is 12.0 Å². The van der Waals surface area contributed by atoms with Crippen LogP contribution in [-0.4, -0.2) is 16.3 Å². The molecule has 0 bridgehead atoms. The highest BCUT2D eigenvalue weighted by Gasteiger charge is 1.95. The lowest BCUT2D eigenvalue weighted by molar-refractivity contribution is 0.112. The predicted octanol–water partition coefficient (Wildman–Crippen LogP) is 2.03. The predicted molar refractivity (Wildman–Crippen MR) is 57.1 cm³/mol. The van der Waals surface area contributed by atoms with E-state index in [1.54, 1.807) is 30.7 Å². The van der Waals surface area contributed by atoms with Crippen molar-refractivity contribution in [3.05, 3.63) is 48.4 Å². The van der Waals surface area contributed by atoms with Gasteiger partial charge in [0.15, 0.2) is 0 Å². The lowest BCUT2D eigenvalue weighted by Gasteiger charge is -2.03. The molecule has 0 aliphatic carbocycles. The Balaban J connectivity index is 2.15. The summed E-state index contributed by atoms with van der Waals surface area (Å²) in [6, 6.07) is 7.12. The fourth-order valence-corrected chi connectivity index (χ4v) is 1.16. The second-order valence-electron chi connectivity index (χ2n) is 2.96. The highest BCUT2D eigenvalue weighted by molar-refractivity contribution is 5.76.